The second-order valence-electron chi connectivity index (χ2n) is 20.8. The highest BCUT2D eigenvalue weighted by molar-refractivity contribution is 7.13. The third kappa shape index (κ3) is 15.1. The summed E-state index contributed by atoms with van der Waals surface area (Å²) in [5.41, 5.74) is 4.89. The molecule has 3 aromatic carbocycles. The zero-order valence-electron chi connectivity index (χ0n) is 43.4. The maximum atomic E-state index is 15.0. The number of aliphatic hydroxyl groups is 1. The van der Waals surface area contributed by atoms with E-state index in [2.05, 4.69) is 31.1 Å². The highest BCUT2D eigenvalue weighted by Gasteiger charge is 2.44. The van der Waals surface area contributed by atoms with Crippen LogP contribution in [0.4, 0.5) is 4.39 Å². The van der Waals surface area contributed by atoms with E-state index < -0.39 is 53.0 Å². The number of aromatic nitrogens is 3. The van der Waals surface area contributed by atoms with Gasteiger partial charge in [-0.15, -0.1) is 11.3 Å². The Balaban J connectivity index is 0.730. The molecule has 7 rings (SSSR count). The molecule has 2 aromatic heterocycles. The number of aryl methyl sites for hydroxylation is 1. The van der Waals surface area contributed by atoms with Crippen molar-refractivity contribution < 1.29 is 38.3 Å². The summed E-state index contributed by atoms with van der Waals surface area (Å²) in [6.45, 7) is 8.63. The number of β-amino-alcohol motifs (C(OH)–C–C–N with tert-alkyl or cyclic N) is 1. The Morgan fingerprint density at radius 1 is 0.813 bits per heavy atom. The SMILES string of the molecule is Cc1ncsc1-c1ccc(CNC(=O)[C@@H]2C[C@@H](O)CN2C(=O)[C@@H](NC(=O)CNC(=O)CCCCCCCCCCC(=O)N2CCN(C(=O)c3cc(Cc4n[nH]c(=O)c5ccccc45)ccc3F)CC2)C(C)(C)C)cc1. The molecule has 3 atom stereocenters. The Hall–Kier alpha value is -6.86. The van der Waals surface area contributed by atoms with Crippen LogP contribution in [0.5, 0.6) is 0 Å². The van der Waals surface area contributed by atoms with E-state index in [1.165, 1.54) is 17.0 Å². The molecule has 0 aliphatic carbocycles. The fraction of sp³-hybridized carbons (Fsp3) is 0.482. The quantitative estimate of drug-likeness (QED) is 0.0494. The number of likely N-dealkylation sites (tertiary alicyclic amines) is 1. The molecule has 5 aromatic rings. The topological polar surface area (TPSA) is 227 Å². The van der Waals surface area contributed by atoms with Gasteiger partial charge in [-0.25, -0.2) is 14.5 Å². The van der Waals surface area contributed by atoms with Gasteiger partial charge in [0.2, 0.25) is 29.5 Å². The average Bonchev–Trinajstić information content (AvgIpc) is 4.03. The first-order valence-corrected chi connectivity index (χ1v) is 27.0. The first kappa shape index (κ1) is 55.9. The van der Waals surface area contributed by atoms with Gasteiger partial charge in [-0.2, -0.15) is 5.10 Å². The number of halogens is 1. The van der Waals surface area contributed by atoms with Gasteiger partial charge in [-0.3, -0.25) is 33.6 Å². The number of amides is 6. The van der Waals surface area contributed by atoms with Gasteiger partial charge in [-0.05, 0) is 60.1 Å². The molecule has 2 aliphatic rings. The number of hydrogen-bond donors (Lipinski definition) is 5. The molecule has 75 heavy (non-hydrogen) atoms. The maximum absolute atomic E-state index is 15.0. The summed E-state index contributed by atoms with van der Waals surface area (Å²) in [5.74, 6) is -2.67. The lowest BCUT2D eigenvalue weighted by atomic mass is 9.85. The van der Waals surface area contributed by atoms with Gasteiger partial charge in [0, 0.05) is 70.3 Å². The number of rotatable bonds is 22. The summed E-state index contributed by atoms with van der Waals surface area (Å²) in [6, 6.07) is 17.4. The summed E-state index contributed by atoms with van der Waals surface area (Å²) in [7, 11) is 0. The van der Waals surface area contributed by atoms with Gasteiger partial charge < -0.3 is 35.8 Å². The van der Waals surface area contributed by atoms with E-state index >= 15 is 0 Å². The number of H-pyrrole nitrogens is 1. The summed E-state index contributed by atoms with van der Waals surface area (Å²) < 4.78 is 15.0. The molecular formula is C56H70FN9O8S. The Kier molecular flexibility index (Phi) is 19.4. The molecule has 5 N–H and O–H groups in total. The monoisotopic (exact) mass is 1050 g/mol. The number of hydrogen-bond acceptors (Lipinski definition) is 11. The molecule has 0 bridgehead atoms. The van der Waals surface area contributed by atoms with Crippen molar-refractivity contribution in [2.45, 2.75) is 129 Å². The van der Waals surface area contributed by atoms with Gasteiger partial charge in [-0.1, -0.05) is 108 Å². The molecule has 0 radical (unpaired) electrons. The maximum Gasteiger partial charge on any atom is 0.272 e. The molecule has 6 amide bonds. The molecule has 17 nitrogen and oxygen atoms in total. The van der Waals surface area contributed by atoms with Crippen molar-refractivity contribution in [2.75, 3.05) is 39.3 Å². The number of carbonyl (C=O) groups excluding carboxylic acids is 6. The Morgan fingerprint density at radius 2 is 1.45 bits per heavy atom. The summed E-state index contributed by atoms with van der Waals surface area (Å²) >= 11 is 1.56. The van der Waals surface area contributed by atoms with Crippen LogP contribution < -0.4 is 21.5 Å². The van der Waals surface area contributed by atoms with E-state index in [1.54, 1.807) is 65.6 Å². The van der Waals surface area contributed by atoms with Crippen molar-refractivity contribution in [1.82, 2.24) is 45.8 Å². The van der Waals surface area contributed by atoms with Crippen molar-refractivity contribution in [3.63, 3.8) is 0 Å². The summed E-state index contributed by atoms with van der Waals surface area (Å²) in [6.07, 6.45) is 7.30. The van der Waals surface area contributed by atoms with Gasteiger partial charge in [0.05, 0.1) is 45.4 Å². The lowest BCUT2D eigenvalue weighted by Crippen LogP contribution is -2.58. The number of piperazine rings is 1. The molecule has 2 aliphatic heterocycles. The zero-order chi connectivity index (χ0) is 53.6. The number of fused-ring (bicyclic) bond motifs is 1. The van der Waals surface area contributed by atoms with Crippen LogP contribution in [0.25, 0.3) is 21.2 Å². The average molecular weight is 1050 g/mol. The highest BCUT2D eigenvalue weighted by atomic mass is 32.1. The lowest BCUT2D eigenvalue weighted by Gasteiger charge is -2.35. The summed E-state index contributed by atoms with van der Waals surface area (Å²) in [4.78, 5) is 102. The number of nitrogens with zero attached hydrogens (tertiary/aromatic N) is 5. The minimum absolute atomic E-state index is 0.0379. The Bertz CT molecular complexity index is 2880. The Labute approximate surface area is 441 Å². The molecule has 400 valence electrons. The minimum atomic E-state index is -1.01. The van der Waals surface area contributed by atoms with Crippen LogP contribution >= 0.6 is 11.3 Å². The van der Waals surface area contributed by atoms with Crippen LogP contribution in [0.2, 0.25) is 0 Å². The first-order chi connectivity index (χ1) is 36.0. The zero-order valence-corrected chi connectivity index (χ0v) is 44.2. The van der Waals surface area contributed by atoms with E-state index in [4.69, 9.17) is 0 Å². The van der Waals surface area contributed by atoms with Crippen molar-refractivity contribution in [1.29, 1.82) is 0 Å². The minimum Gasteiger partial charge on any atom is -0.391 e. The number of aliphatic hydroxyl groups excluding tert-OH is 1. The molecule has 19 heteroatoms. The molecule has 0 unspecified atom stereocenters. The van der Waals surface area contributed by atoms with Crippen molar-refractivity contribution >= 4 is 57.6 Å². The number of aromatic amines is 1. The first-order valence-electron chi connectivity index (χ1n) is 26.1. The summed E-state index contributed by atoms with van der Waals surface area (Å²) in [5, 5.41) is 26.8. The Morgan fingerprint density at radius 3 is 2.12 bits per heavy atom. The number of nitrogens with one attached hydrogen (secondary N) is 4. The van der Waals surface area contributed by atoms with E-state index in [-0.39, 0.29) is 55.4 Å². The van der Waals surface area contributed by atoms with E-state index in [0.29, 0.717) is 67.5 Å². The molecule has 2 fully saturated rings. The van der Waals surface area contributed by atoms with Crippen LogP contribution in [0.15, 0.2) is 77.0 Å². The van der Waals surface area contributed by atoms with Gasteiger partial charge >= 0.3 is 0 Å². The predicted molar refractivity (Wildman–Crippen MR) is 285 cm³/mol. The van der Waals surface area contributed by atoms with Crippen molar-refractivity contribution in [2.24, 2.45) is 5.41 Å². The molecule has 0 saturated carbocycles. The van der Waals surface area contributed by atoms with E-state index in [1.807, 2.05) is 43.3 Å². The second kappa shape index (κ2) is 26.1. The molecule has 2 saturated heterocycles. The smallest absolute Gasteiger partial charge is 0.272 e. The van der Waals surface area contributed by atoms with Gasteiger partial charge in [0.1, 0.15) is 17.9 Å². The van der Waals surface area contributed by atoms with Gasteiger partial charge in [0.25, 0.3) is 11.5 Å². The van der Waals surface area contributed by atoms with Gasteiger partial charge in [0.15, 0.2) is 0 Å². The number of benzene rings is 3. The van der Waals surface area contributed by atoms with Crippen molar-refractivity contribution in [3.05, 3.63) is 116 Å². The third-order valence-corrected chi connectivity index (χ3v) is 15.0. The van der Waals surface area contributed by atoms with Crippen LogP contribution in [-0.2, 0) is 36.9 Å². The third-order valence-electron chi connectivity index (χ3n) is 14.0. The fourth-order valence-electron chi connectivity index (χ4n) is 9.72. The van der Waals surface area contributed by atoms with E-state index in [9.17, 15) is 43.1 Å². The molecule has 0 spiro atoms. The largest absolute Gasteiger partial charge is 0.391 e. The number of thiazole rings is 1. The van der Waals surface area contributed by atoms with Crippen molar-refractivity contribution in [3.8, 4) is 10.4 Å². The second-order valence-corrected chi connectivity index (χ2v) is 21.6. The normalized spacial score (nSPS) is 16.2. The van der Waals surface area contributed by atoms with Crippen LogP contribution in [0.3, 0.4) is 0 Å². The van der Waals surface area contributed by atoms with Crippen LogP contribution in [-0.4, -0.2) is 128 Å². The van der Waals surface area contributed by atoms with Crippen LogP contribution in [0, 0.1) is 18.2 Å². The van der Waals surface area contributed by atoms with E-state index in [0.717, 1.165) is 66.6 Å². The number of unbranched alkanes of at least 4 members (excludes halogenated alkanes) is 7. The highest BCUT2D eigenvalue weighted by Crippen LogP contribution is 2.29. The standard InChI is InChI=1S/C56H70FN9O8S/c1-36-50(75-35-60-36)39-22-19-37(20-23-39)32-59-53(72)46-31-40(67)34-66(46)55(74)51(56(2,3)4)61-48(69)33-58-47(68)17-11-9-7-5-6-8-10-12-18-49(70)64-25-27-65(28-26-64)54(73)43-29-38(21-24-44(43)57)30-45-41-15-13-14-16-42(41)52(71)63-62-45/h13-16,19-24,29,35,40,46,51,67H,5-12,17-18,25-28,30-34H2,1-4H3,(H,58,68)(H,59,72)(H,61,69)(H,63,71)/t40-,46+,51-/m1/s1. The number of carbonyl (C=O) groups is 6. The lowest BCUT2D eigenvalue weighted by molar-refractivity contribution is -0.144. The van der Waals surface area contributed by atoms with Crippen LogP contribution in [0.1, 0.15) is 124 Å². The molecule has 4 heterocycles. The predicted octanol–water partition coefficient (Wildman–Crippen LogP) is 6.20. The molecular weight excluding hydrogens is 978 g/mol. The fourth-order valence-corrected chi connectivity index (χ4v) is 10.5.